The van der Waals surface area contributed by atoms with Crippen LogP contribution in [0.1, 0.15) is 24.7 Å². The van der Waals surface area contributed by atoms with Gasteiger partial charge in [-0.1, -0.05) is 22.9 Å². The van der Waals surface area contributed by atoms with Crippen LogP contribution in [0.5, 0.6) is 0 Å². The van der Waals surface area contributed by atoms with Crippen LogP contribution >= 0.6 is 15.9 Å². The molecule has 0 fully saturated rings. The van der Waals surface area contributed by atoms with E-state index in [1.807, 2.05) is 19.1 Å². The summed E-state index contributed by atoms with van der Waals surface area (Å²) in [5.41, 5.74) is 2.03. The Hall–Kier alpha value is -0.440. The predicted octanol–water partition coefficient (Wildman–Crippen LogP) is 2.50. The largest absolute Gasteiger partial charge is 0.156 e. The molecule has 0 aliphatic rings. The monoisotopic (exact) mass is 228 g/mol. The summed E-state index contributed by atoms with van der Waals surface area (Å²) in [6.45, 7) is 4.10. The molecule has 0 bridgehead atoms. The summed E-state index contributed by atoms with van der Waals surface area (Å²) in [7, 11) is 0. The molecule has 2 nitrogen and oxygen atoms in total. The van der Waals surface area contributed by atoms with Crippen LogP contribution in [0.3, 0.4) is 0 Å². The number of hydrogen-bond acceptors (Lipinski definition) is 2. The summed E-state index contributed by atoms with van der Waals surface area (Å²) in [4.78, 5) is 0.523. The summed E-state index contributed by atoms with van der Waals surface area (Å²) in [6.07, 6.45) is 2.08. The maximum absolute atomic E-state index is 4.09. The van der Waals surface area contributed by atoms with Crippen LogP contribution in [0.15, 0.2) is 12.1 Å². The van der Waals surface area contributed by atoms with E-state index in [4.69, 9.17) is 0 Å². The molecular weight excluding hydrogens is 216 g/mol. The minimum Gasteiger partial charge on any atom is -0.156 e. The van der Waals surface area contributed by atoms with Gasteiger partial charge in [0.2, 0.25) is 0 Å². The molecule has 0 aromatic carbocycles. The first-order chi connectivity index (χ1) is 5.72. The standard InChI is InChI=1S/C9H13BrN2/c1-3-8(10)6-9-5-4-7(2)11-12-9/h4-5,8H,3,6H2,1-2H3. The van der Waals surface area contributed by atoms with Crippen molar-refractivity contribution in [2.24, 2.45) is 0 Å². The maximum Gasteiger partial charge on any atom is 0.0642 e. The number of nitrogens with zero attached hydrogens (tertiary/aromatic N) is 2. The van der Waals surface area contributed by atoms with Gasteiger partial charge in [-0.2, -0.15) is 10.2 Å². The van der Waals surface area contributed by atoms with Gasteiger partial charge in [0.25, 0.3) is 0 Å². The van der Waals surface area contributed by atoms with E-state index in [0.29, 0.717) is 4.83 Å². The molecule has 0 aliphatic carbocycles. The van der Waals surface area contributed by atoms with Crippen LogP contribution in [0.25, 0.3) is 0 Å². The highest BCUT2D eigenvalue weighted by atomic mass is 79.9. The van der Waals surface area contributed by atoms with E-state index in [1.54, 1.807) is 0 Å². The lowest BCUT2D eigenvalue weighted by Gasteiger charge is -2.04. The van der Waals surface area contributed by atoms with Gasteiger partial charge in [0.1, 0.15) is 0 Å². The van der Waals surface area contributed by atoms with Gasteiger partial charge in [0, 0.05) is 11.2 Å². The number of halogens is 1. The zero-order valence-corrected chi connectivity index (χ0v) is 9.00. The lowest BCUT2D eigenvalue weighted by Crippen LogP contribution is -2.03. The summed E-state index contributed by atoms with van der Waals surface area (Å²) in [6, 6.07) is 4.03. The van der Waals surface area contributed by atoms with Gasteiger partial charge in [-0.15, -0.1) is 0 Å². The molecular formula is C9H13BrN2. The lowest BCUT2D eigenvalue weighted by molar-refractivity contribution is 0.782. The Labute approximate surface area is 81.5 Å². The first-order valence-corrected chi connectivity index (χ1v) is 5.07. The smallest absolute Gasteiger partial charge is 0.0642 e. The molecule has 0 saturated heterocycles. The summed E-state index contributed by atoms with van der Waals surface area (Å²) in [5, 5.41) is 8.08. The van der Waals surface area contributed by atoms with Crippen molar-refractivity contribution < 1.29 is 0 Å². The molecule has 1 unspecified atom stereocenters. The topological polar surface area (TPSA) is 25.8 Å². The second-order valence-corrected chi connectivity index (χ2v) is 4.17. The van der Waals surface area contributed by atoms with E-state index in [0.717, 1.165) is 24.2 Å². The molecule has 3 heteroatoms. The molecule has 0 saturated carbocycles. The van der Waals surface area contributed by atoms with Crippen LogP contribution in [0.4, 0.5) is 0 Å². The average molecular weight is 229 g/mol. The van der Waals surface area contributed by atoms with Crippen molar-refractivity contribution in [3.8, 4) is 0 Å². The van der Waals surface area contributed by atoms with E-state index >= 15 is 0 Å². The van der Waals surface area contributed by atoms with Crippen LogP contribution < -0.4 is 0 Å². The Morgan fingerprint density at radius 3 is 2.67 bits per heavy atom. The van der Waals surface area contributed by atoms with Crippen molar-refractivity contribution in [1.82, 2.24) is 10.2 Å². The summed E-state index contributed by atoms with van der Waals surface area (Å²) in [5.74, 6) is 0. The summed E-state index contributed by atoms with van der Waals surface area (Å²) >= 11 is 3.56. The summed E-state index contributed by atoms with van der Waals surface area (Å²) < 4.78 is 0. The minimum atomic E-state index is 0.523. The highest BCUT2D eigenvalue weighted by molar-refractivity contribution is 9.09. The Bertz CT molecular complexity index is 233. The Kier molecular flexibility index (Phi) is 3.66. The molecule has 1 aromatic rings. The Balaban J connectivity index is 2.58. The Morgan fingerprint density at radius 1 is 1.42 bits per heavy atom. The van der Waals surface area contributed by atoms with Gasteiger partial charge in [0.05, 0.1) is 11.4 Å². The molecule has 66 valence electrons. The SMILES string of the molecule is CCC(Br)Cc1ccc(C)nn1. The number of rotatable bonds is 3. The van der Waals surface area contributed by atoms with Gasteiger partial charge in [-0.3, -0.25) is 0 Å². The van der Waals surface area contributed by atoms with Crippen LogP contribution in [0, 0.1) is 6.92 Å². The molecule has 1 atom stereocenters. The molecule has 0 spiro atoms. The second kappa shape index (κ2) is 4.55. The number of alkyl halides is 1. The fourth-order valence-electron chi connectivity index (χ4n) is 0.907. The van der Waals surface area contributed by atoms with E-state index in [2.05, 4.69) is 33.1 Å². The second-order valence-electron chi connectivity index (χ2n) is 2.88. The number of hydrogen-bond donors (Lipinski definition) is 0. The van der Waals surface area contributed by atoms with Gasteiger partial charge in [-0.25, -0.2) is 0 Å². The molecule has 0 radical (unpaired) electrons. The molecule has 0 aliphatic heterocycles. The average Bonchev–Trinajstić information content (AvgIpc) is 2.09. The van der Waals surface area contributed by atoms with Crippen molar-refractivity contribution in [2.75, 3.05) is 0 Å². The van der Waals surface area contributed by atoms with Crippen molar-refractivity contribution in [1.29, 1.82) is 0 Å². The van der Waals surface area contributed by atoms with E-state index in [9.17, 15) is 0 Å². The first kappa shape index (κ1) is 9.65. The maximum atomic E-state index is 4.09. The zero-order chi connectivity index (χ0) is 8.97. The van der Waals surface area contributed by atoms with E-state index < -0.39 is 0 Å². The fraction of sp³-hybridized carbons (Fsp3) is 0.556. The third kappa shape index (κ3) is 2.89. The lowest BCUT2D eigenvalue weighted by atomic mass is 10.2. The van der Waals surface area contributed by atoms with Gasteiger partial charge < -0.3 is 0 Å². The molecule has 1 aromatic heterocycles. The molecule has 1 rings (SSSR count). The van der Waals surface area contributed by atoms with Gasteiger partial charge >= 0.3 is 0 Å². The van der Waals surface area contributed by atoms with Crippen LogP contribution in [-0.2, 0) is 6.42 Å². The highest BCUT2D eigenvalue weighted by Gasteiger charge is 2.03. The van der Waals surface area contributed by atoms with Crippen molar-refractivity contribution >= 4 is 15.9 Å². The molecule has 12 heavy (non-hydrogen) atoms. The normalized spacial score (nSPS) is 12.9. The van der Waals surface area contributed by atoms with Crippen molar-refractivity contribution in [2.45, 2.75) is 31.5 Å². The number of aryl methyl sites for hydroxylation is 1. The third-order valence-corrected chi connectivity index (χ3v) is 2.70. The molecule has 0 N–H and O–H groups in total. The van der Waals surface area contributed by atoms with E-state index in [-0.39, 0.29) is 0 Å². The molecule has 0 amide bonds. The Morgan fingerprint density at radius 2 is 2.17 bits per heavy atom. The highest BCUT2D eigenvalue weighted by Crippen LogP contribution is 2.10. The molecule has 1 heterocycles. The minimum absolute atomic E-state index is 0.523. The van der Waals surface area contributed by atoms with Crippen LogP contribution in [-0.4, -0.2) is 15.0 Å². The fourth-order valence-corrected chi connectivity index (χ4v) is 1.24. The van der Waals surface area contributed by atoms with Gasteiger partial charge in [0.15, 0.2) is 0 Å². The van der Waals surface area contributed by atoms with E-state index in [1.165, 1.54) is 0 Å². The quantitative estimate of drug-likeness (QED) is 0.744. The zero-order valence-electron chi connectivity index (χ0n) is 7.42. The van der Waals surface area contributed by atoms with Crippen molar-refractivity contribution in [3.63, 3.8) is 0 Å². The van der Waals surface area contributed by atoms with Crippen LogP contribution in [0.2, 0.25) is 0 Å². The van der Waals surface area contributed by atoms with Gasteiger partial charge in [-0.05, 0) is 25.5 Å². The predicted molar refractivity (Wildman–Crippen MR) is 53.5 cm³/mol. The van der Waals surface area contributed by atoms with Crippen molar-refractivity contribution in [3.05, 3.63) is 23.5 Å². The number of aromatic nitrogens is 2. The third-order valence-electron chi connectivity index (χ3n) is 1.73. The first-order valence-electron chi connectivity index (χ1n) is 4.15.